The molecule has 0 radical (unpaired) electrons. The average Bonchev–Trinajstić information content (AvgIpc) is 2.47. The smallest absolute Gasteiger partial charge is 0.216 e. The van der Waals surface area contributed by atoms with Gasteiger partial charge in [0.15, 0.2) is 0 Å². The first-order chi connectivity index (χ1) is 9.65. The molecule has 2 rings (SSSR count). The highest BCUT2D eigenvalue weighted by Gasteiger charge is 2.15. The molecule has 0 fully saturated rings. The molecule has 0 spiro atoms. The van der Waals surface area contributed by atoms with Gasteiger partial charge in [-0.3, -0.25) is 11.3 Å². The fourth-order valence-electron chi connectivity index (χ4n) is 2.28. The van der Waals surface area contributed by atoms with E-state index in [9.17, 15) is 0 Å². The van der Waals surface area contributed by atoms with Crippen molar-refractivity contribution >= 4 is 0 Å². The van der Waals surface area contributed by atoms with Crippen LogP contribution in [0.1, 0.15) is 28.4 Å². The second kappa shape index (κ2) is 6.45. The Balaban J connectivity index is 2.29. The Hall–Kier alpha value is -1.98. The number of nitrogens with zero attached hydrogens (tertiary/aromatic N) is 2. The fraction of sp³-hybridized carbons (Fsp3) is 0.333. The molecular weight excluding hydrogens is 252 g/mol. The lowest BCUT2D eigenvalue weighted by Crippen LogP contribution is -2.30. The van der Waals surface area contributed by atoms with Gasteiger partial charge in [0.2, 0.25) is 5.88 Å². The number of methoxy groups -OCH3 is 1. The molecule has 5 heteroatoms. The van der Waals surface area contributed by atoms with Crippen molar-refractivity contribution in [1.82, 2.24) is 15.4 Å². The highest BCUT2D eigenvalue weighted by atomic mass is 16.5. The molecule has 0 aliphatic carbocycles. The lowest BCUT2D eigenvalue weighted by atomic mass is 9.95. The number of aromatic nitrogens is 2. The van der Waals surface area contributed by atoms with Gasteiger partial charge in [-0.05, 0) is 37.0 Å². The number of ether oxygens (including phenoxy) is 1. The minimum atomic E-state index is -0.0771. The summed E-state index contributed by atoms with van der Waals surface area (Å²) in [6.07, 6.45) is 2.26. The molecule has 0 aliphatic heterocycles. The summed E-state index contributed by atoms with van der Waals surface area (Å²) in [5, 5.41) is 0. The zero-order valence-corrected chi connectivity index (χ0v) is 12.1. The first-order valence-corrected chi connectivity index (χ1v) is 6.53. The number of hydrazine groups is 1. The van der Waals surface area contributed by atoms with Crippen molar-refractivity contribution < 1.29 is 4.74 Å². The lowest BCUT2D eigenvalue weighted by molar-refractivity contribution is 0.393. The van der Waals surface area contributed by atoms with Crippen LogP contribution in [0, 0.1) is 13.8 Å². The first-order valence-electron chi connectivity index (χ1n) is 6.53. The van der Waals surface area contributed by atoms with Crippen molar-refractivity contribution in [2.24, 2.45) is 5.84 Å². The minimum absolute atomic E-state index is 0.0771. The van der Waals surface area contributed by atoms with Crippen molar-refractivity contribution in [2.75, 3.05) is 7.11 Å². The summed E-state index contributed by atoms with van der Waals surface area (Å²) >= 11 is 0. The summed E-state index contributed by atoms with van der Waals surface area (Å²) < 4.78 is 5.13. The van der Waals surface area contributed by atoms with Gasteiger partial charge in [0.05, 0.1) is 18.8 Å². The Morgan fingerprint density at radius 2 is 1.95 bits per heavy atom. The third-order valence-electron chi connectivity index (χ3n) is 3.48. The van der Waals surface area contributed by atoms with E-state index in [1.54, 1.807) is 13.2 Å². The molecule has 1 heterocycles. The summed E-state index contributed by atoms with van der Waals surface area (Å²) in [5.41, 5.74) is 7.44. The Morgan fingerprint density at radius 1 is 1.25 bits per heavy atom. The number of nitrogens with one attached hydrogen (secondary N) is 1. The molecule has 106 valence electrons. The van der Waals surface area contributed by atoms with E-state index in [1.807, 2.05) is 0 Å². The monoisotopic (exact) mass is 272 g/mol. The van der Waals surface area contributed by atoms with Gasteiger partial charge in [0, 0.05) is 6.07 Å². The third kappa shape index (κ3) is 3.12. The van der Waals surface area contributed by atoms with Gasteiger partial charge < -0.3 is 4.74 Å². The van der Waals surface area contributed by atoms with Gasteiger partial charge in [0.1, 0.15) is 6.33 Å². The summed E-state index contributed by atoms with van der Waals surface area (Å²) in [6, 6.07) is 8.00. The SMILES string of the molecule is COc1cc(C(Cc2c(C)cccc2C)NN)ncn1. The molecule has 1 aromatic carbocycles. The summed E-state index contributed by atoms with van der Waals surface area (Å²) in [4.78, 5) is 8.30. The van der Waals surface area contributed by atoms with Crippen LogP contribution in [0.4, 0.5) is 0 Å². The second-order valence-electron chi connectivity index (χ2n) is 4.78. The van der Waals surface area contributed by atoms with Gasteiger partial charge in [-0.1, -0.05) is 18.2 Å². The van der Waals surface area contributed by atoms with Crippen molar-refractivity contribution in [3.63, 3.8) is 0 Å². The third-order valence-corrected chi connectivity index (χ3v) is 3.48. The topological polar surface area (TPSA) is 73.1 Å². The number of rotatable bonds is 5. The highest BCUT2D eigenvalue weighted by Crippen LogP contribution is 2.22. The van der Waals surface area contributed by atoms with Crippen molar-refractivity contribution in [1.29, 1.82) is 0 Å². The van der Waals surface area contributed by atoms with E-state index < -0.39 is 0 Å². The van der Waals surface area contributed by atoms with Crippen LogP contribution in [0.25, 0.3) is 0 Å². The largest absolute Gasteiger partial charge is 0.481 e. The molecule has 1 unspecified atom stereocenters. The zero-order valence-electron chi connectivity index (χ0n) is 12.1. The number of aryl methyl sites for hydroxylation is 2. The molecular formula is C15H20N4O. The predicted octanol–water partition coefficient (Wildman–Crippen LogP) is 1.85. The van der Waals surface area contributed by atoms with Crippen LogP contribution < -0.4 is 16.0 Å². The normalized spacial score (nSPS) is 12.2. The van der Waals surface area contributed by atoms with Crippen LogP contribution in [0.3, 0.4) is 0 Å². The lowest BCUT2D eigenvalue weighted by Gasteiger charge is -2.18. The van der Waals surface area contributed by atoms with Gasteiger partial charge in [-0.15, -0.1) is 0 Å². The zero-order chi connectivity index (χ0) is 14.5. The van der Waals surface area contributed by atoms with E-state index >= 15 is 0 Å². The van der Waals surface area contributed by atoms with Crippen LogP contribution in [0.2, 0.25) is 0 Å². The van der Waals surface area contributed by atoms with Crippen LogP contribution in [0.15, 0.2) is 30.6 Å². The van der Waals surface area contributed by atoms with Crippen molar-refractivity contribution in [3.05, 3.63) is 53.0 Å². The molecule has 2 aromatic rings. The molecule has 1 aromatic heterocycles. The number of hydrogen-bond donors (Lipinski definition) is 2. The molecule has 1 atom stereocenters. The van der Waals surface area contributed by atoms with E-state index in [0.29, 0.717) is 5.88 Å². The molecule has 3 N–H and O–H groups in total. The Morgan fingerprint density at radius 3 is 2.55 bits per heavy atom. The molecule has 20 heavy (non-hydrogen) atoms. The number of benzene rings is 1. The van der Waals surface area contributed by atoms with Gasteiger partial charge in [0.25, 0.3) is 0 Å². The summed E-state index contributed by atoms with van der Waals surface area (Å²) in [7, 11) is 1.59. The number of hydrogen-bond acceptors (Lipinski definition) is 5. The van der Waals surface area contributed by atoms with E-state index in [-0.39, 0.29) is 6.04 Å². The van der Waals surface area contributed by atoms with Crippen molar-refractivity contribution in [3.8, 4) is 5.88 Å². The van der Waals surface area contributed by atoms with E-state index in [4.69, 9.17) is 10.6 Å². The van der Waals surface area contributed by atoms with Crippen LogP contribution >= 0.6 is 0 Å². The minimum Gasteiger partial charge on any atom is -0.481 e. The Bertz CT molecular complexity index is 566. The van der Waals surface area contributed by atoms with Crippen LogP contribution in [-0.4, -0.2) is 17.1 Å². The molecule has 0 saturated carbocycles. The summed E-state index contributed by atoms with van der Waals surface area (Å²) in [5.74, 6) is 6.23. The standard InChI is InChI=1S/C15H20N4O/c1-10-5-4-6-11(2)12(10)7-14(19-16)13-8-15(20-3)18-9-17-13/h4-6,8-9,14,19H,7,16H2,1-3H3. The van der Waals surface area contributed by atoms with Gasteiger partial charge in [-0.2, -0.15) is 0 Å². The molecule has 0 saturated heterocycles. The molecule has 0 amide bonds. The first kappa shape index (κ1) is 14.4. The van der Waals surface area contributed by atoms with Gasteiger partial charge >= 0.3 is 0 Å². The van der Waals surface area contributed by atoms with E-state index in [2.05, 4.69) is 47.4 Å². The summed E-state index contributed by atoms with van der Waals surface area (Å²) in [6.45, 7) is 4.22. The second-order valence-corrected chi connectivity index (χ2v) is 4.78. The molecule has 0 aliphatic rings. The Kier molecular flexibility index (Phi) is 4.65. The fourth-order valence-corrected chi connectivity index (χ4v) is 2.28. The molecule has 0 bridgehead atoms. The maximum absolute atomic E-state index is 5.69. The predicted molar refractivity (Wildman–Crippen MR) is 78.3 cm³/mol. The van der Waals surface area contributed by atoms with Crippen LogP contribution in [0.5, 0.6) is 5.88 Å². The average molecular weight is 272 g/mol. The molecule has 5 nitrogen and oxygen atoms in total. The maximum Gasteiger partial charge on any atom is 0.216 e. The number of nitrogens with two attached hydrogens (primary N) is 1. The maximum atomic E-state index is 5.69. The van der Waals surface area contributed by atoms with Crippen molar-refractivity contribution in [2.45, 2.75) is 26.3 Å². The van der Waals surface area contributed by atoms with Crippen LogP contribution in [-0.2, 0) is 6.42 Å². The van der Waals surface area contributed by atoms with E-state index in [1.165, 1.54) is 23.0 Å². The van der Waals surface area contributed by atoms with Gasteiger partial charge in [-0.25, -0.2) is 9.97 Å². The van der Waals surface area contributed by atoms with E-state index in [0.717, 1.165) is 12.1 Å². The quantitative estimate of drug-likeness (QED) is 0.642. The highest BCUT2D eigenvalue weighted by molar-refractivity contribution is 5.35. The Labute approximate surface area is 119 Å².